The Hall–Kier alpha value is -2.91. The van der Waals surface area contributed by atoms with E-state index in [-0.39, 0.29) is 35.9 Å². The Balaban J connectivity index is 1.40. The van der Waals surface area contributed by atoms with Crippen molar-refractivity contribution in [1.82, 2.24) is 9.62 Å². The first-order valence-electron chi connectivity index (χ1n) is 11.0. The molecule has 1 saturated carbocycles. The van der Waals surface area contributed by atoms with E-state index in [1.165, 1.54) is 13.1 Å². The first kappa shape index (κ1) is 23.3. The number of hydrogen-bond acceptors (Lipinski definition) is 5. The van der Waals surface area contributed by atoms with Crippen LogP contribution in [0.4, 0.5) is 5.69 Å². The number of anilines is 1. The second-order valence-corrected chi connectivity index (χ2v) is 10.8. The van der Waals surface area contributed by atoms with Gasteiger partial charge in [0.15, 0.2) is 0 Å². The van der Waals surface area contributed by atoms with Crippen molar-refractivity contribution in [2.24, 2.45) is 5.92 Å². The van der Waals surface area contributed by atoms with E-state index in [4.69, 9.17) is 4.74 Å². The molecule has 0 aromatic heterocycles. The van der Waals surface area contributed by atoms with Crippen molar-refractivity contribution in [3.63, 3.8) is 0 Å². The Morgan fingerprint density at radius 2 is 1.85 bits per heavy atom. The van der Waals surface area contributed by atoms with E-state index < -0.39 is 15.9 Å². The molecule has 1 fully saturated rings. The van der Waals surface area contributed by atoms with Gasteiger partial charge in [0.25, 0.3) is 0 Å². The van der Waals surface area contributed by atoms with Crippen LogP contribution in [0.5, 0.6) is 5.75 Å². The van der Waals surface area contributed by atoms with Gasteiger partial charge in [-0.2, -0.15) is 4.31 Å². The quantitative estimate of drug-likeness (QED) is 0.638. The summed E-state index contributed by atoms with van der Waals surface area (Å²) in [5.41, 5.74) is 2.51. The lowest BCUT2D eigenvalue weighted by Crippen LogP contribution is -2.38. The highest BCUT2D eigenvalue weighted by atomic mass is 32.2. The number of nitrogens with zero attached hydrogens (tertiary/aromatic N) is 2. The van der Waals surface area contributed by atoms with Crippen molar-refractivity contribution in [1.29, 1.82) is 0 Å². The summed E-state index contributed by atoms with van der Waals surface area (Å²) in [6, 6.07) is 12.1. The van der Waals surface area contributed by atoms with Crippen molar-refractivity contribution >= 4 is 27.5 Å². The van der Waals surface area contributed by atoms with E-state index in [0.717, 1.165) is 39.7 Å². The molecule has 1 N–H and O–H groups in total. The van der Waals surface area contributed by atoms with E-state index in [0.29, 0.717) is 6.42 Å². The highest BCUT2D eigenvalue weighted by molar-refractivity contribution is 7.89. The second-order valence-electron chi connectivity index (χ2n) is 8.71. The number of amides is 2. The number of nitrogens with one attached hydrogen (secondary N) is 1. The number of ether oxygens (including phenoxy) is 1. The monoisotopic (exact) mass is 471 g/mol. The topological polar surface area (TPSA) is 96.0 Å². The Morgan fingerprint density at radius 1 is 1.15 bits per heavy atom. The second kappa shape index (κ2) is 9.15. The number of benzene rings is 2. The van der Waals surface area contributed by atoms with Crippen LogP contribution in [-0.2, 0) is 32.6 Å². The van der Waals surface area contributed by atoms with Crippen molar-refractivity contribution in [3.05, 3.63) is 53.6 Å². The van der Waals surface area contributed by atoms with Crippen LogP contribution in [0, 0.1) is 5.92 Å². The van der Waals surface area contributed by atoms with E-state index in [1.54, 1.807) is 36.3 Å². The third-order valence-corrected chi connectivity index (χ3v) is 7.95. The van der Waals surface area contributed by atoms with Crippen LogP contribution in [0.2, 0.25) is 0 Å². The lowest BCUT2D eigenvalue weighted by molar-refractivity contribution is -0.121. The zero-order chi connectivity index (χ0) is 23.8. The van der Waals surface area contributed by atoms with Gasteiger partial charge in [0.2, 0.25) is 21.8 Å². The Labute approximate surface area is 194 Å². The van der Waals surface area contributed by atoms with E-state index in [1.807, 2.05) is 19.1 Å². The molecule has 33 heavy (non-hydrogen) atoms. The standard InChI is InChI=1S/C24H29N3O5S/c1-16-12-19-13-21(10-11-22(19)27(16)24(29)18-6-7-18)33(30,31)26(2)15-23(28)25-14-17-4-8-20(32-3)9-5-17/h4-5,8-11,13,16,18H,6-7,12,14-15H2,1-3H3,(H,25,28)/t16-/m0/s1. The van der Waals surface area contributed by atoms with Crippen molar-refractivity contribution < 1.29 is 22.7 Å². The molecule has 0 spiro atoms. The molecule has 2 amide bonds. The number of sulfonamides is 1. The number of rotatable bonds is 8. The minimum atomic E-state index is -3.85. The first-order chi connectivity index (χ1) is 15.7. The maximum atomic E-state index is 13.1. The highest BCUT2D eigenvalue weighted by Crippen LogP contribution is 2.39. The van der Waals surface area contributed by atoms with Gasteiger partial charge in [-0.25, -0.2) is 8.42 Å². The zero-order valence-electron chi connectivity index (χ0n) is 19.1. The van der Waals surface area contributed by atoms with Crippen LogP contribution in [0.1, 0.15) is 30.9 Å². The third kappa shape index (κ3) is 4.89. The molecule has 2 aromatic rings. The summed E-state index contributed by atoms with van der Waals surface area (Å²) in [7, 11) is -0.883. The van der Waals surface area contributed by atoms with Gasteiger partial charge in [0.05, 0.1) is 18.6 Å². The number of methoxy groups -OCH3 is 1. The summed E-state index contributed by atoms with van der Waals surface area (Å²) in [6.45, 7) is 1.98. The summed E-state index contributed by atoms with van der Waals surface area (Å²) >= 11 is 0. The largest absolute Gasteiger partial charge is 0.497 e. The van der Waals surface area contributed by atoms with Gasteiger partial charge >= 0.3 is 0 Å². The van der Waals surface area contributed by atoms with Crippen molar-refractivity contribution in [2.75, 3.05) is 25.6 Å². The molecule has 1 aliphatic carbocycles. The van der Waals surface area contributed by atoms with Crippen LogP contribution in [-0.4, -0.2) is 51.3 Å². The predicted molar refractivity (Wildman–Crippen MR) is 124 cm³/mol. The number of carbonyl (C=O) groups is 2. The zero-order valence-corrected chi connectivity index (χ0v) is 19.9. The van der Waals surface area contributed by atoms with Crippen LogP contribution < -0.4 is 15.0 Å². The molecule has 2 aromatic carbocycles. The fourth-order valence-corrected chi connectivity index (χ4v) is 5.28. The summed E-state index contributed by atoms with van der Waals surface area (Å²) in [4.78, 5) is 26.9. The molecule has 1 heterocycles. The molecular formula is C24H29N3O5S. The van der Waals surface area contributed by atoms with Crippen LogP contribution >= 0.6 is 0 Å². The number of carbonyl (C=O) groups excluding carboxylic acids is 2. The average molecular weight is 472 g/mol. The summed E-state index contributed by atoms with van der Waals surface area (Å²) < 4.78 is 32.3. The van der Waals surface area contributed by atoms with E-state index >= 15 is 0 Å². The molecule has 0 saturated heterocycles. The van der Waals surface area contributed by atoms with Gasteiger partial charge in [-0.3, -0.25) is 9.59 Å². The molecule has 1 aliphatic heterocycles. The molecule has 176 valence electrons. The molecule has 0 unspecified atom stereocenters. The molecule has 0 radical (unpaired) electrons. The molecule has 0 bridgehead atoms. The first-order valence-corrected chi connectivity index (χ1v) is 12.5. The fraction of sp³-hybridized carbons (Fsp3) is 0.417. The van der Waals surface area contributed by atoms with Gasteiger partial charge in [-0.1, -0.05) is 12.1 Å². The predicted octanol–water partition coefficient (Wildman–Crippen LogP) is 2.32. The molecular weight excluding hydrogens is 442 g/mol. The number of fused-ring (bicyclic) bond motifs is 1. The minimum absolute atomic E-state index is 0.00696. The van der Waals surface area contributed by atoms with Gasteiger partial charge in [0.1, 0.15) is 5.75 Å². The Kier molecular flexibility index (Phi) is 6.45. The molecule has 9 heteroatoms. The van der Waals surface area contributed by atoms with Gasteiger partial charge in [-0.15, -0.1) is 0 Å². The lowest BCUT2D eigenvalue weighted by Gasteiger charge is -2.23. The number of hydrogen-bond donors (Lipinski definition) is 1. The summed E-state index contributed by atoms with van der Waals surface area (Å²) in [5.74, 6) is 0.555. The van der Waals surface area contributed by atoms with Gasteiger partial charge in [-0.05, 0) is 67.6 Å². The van der Waals surface area contributed by atoms with E-state index in [2.05, 4.69) is 5.32 Å². The molecule has 1 atom stereocenters. The van der Waals surface area contributed by atoms with Crippen LogP contribution in [0.25, 0.3) is 0 Å². The number of likely N-dealkylation sites (N-methyl/N-ethyl adjacent to an activating group) is 1. The average Bonchev–Trinajstić information content (AvgIpc) is 3.59. The van der Waals surface area contributed by atoms with Crippen LogP contribution in [0.3, 0.4) is 0 Å². The van der Waals surface area contributed by atoms with Gasteiger partial charge < -0.3 is 15.0 Å². The SMILES string of the molecule is COc1ccc(CNC(=O)CN(C)S(=O)(=O)c2ccc3c(c2)C[C@H](C)N3C(=O)C2CC2)cc1. The fourth-order valence-electron chi connectivity index (χ4n) is 4.10. The maximum Gasteiger partial charge on any atom is 0.243 e. The maximum absolute atomic E-state index is 13.1. The summed E-state index contributed by atoms with van der Waals surface area (Å²) in [5, 5.41) is 2.74. The highest BCUT2D eigenvalue weighted by Gasteiger charge is 2.40. The van der Waals surface area contributed by atoms with Crippen molar-refractivity contribution in [2.45, 2.75) is 43.7 Å². The Morgan fingerprint density at radius 3 is 2.48 bits per heavy atom. The lowest BCUT2D eigenvalue weighted by atomic mass is 10.1. The summed E-state index contributed by atoms with van der Waals surface area (Å²) in [6.07, 6.45) is 2.47. The van der Waals surface area contributed by atoms with Gasteiger partial charge in [0, 0.05) is 31.2 Å². The molecule has 4 rings (SSSR count). The normalized spacial score (nSPS) is 17.7. The molecule has 2 aliphatic rings. The molecule has 8 nitrogen and oxygen atoms in total. The van der Waals surface area contributed by atoms with Crippen molar-refractivity contribution in [3.8, 4) is 5.75 Å². The van der Waals surface area contributed by atoms with E-state index in [9.17, 15) is 18.0 Å². The Bertz CT molecular complexity index is 1160. The smallest absolute Gasteiger partial charge is 0.243 e. The minimum Gasteiger partial charge on any atom is -0.497 e. The van der Waals surface area contributed by atoms with Crippen LogP contribution in [0.15, 0.2) is 47.4 Å². The third-order valence-electron chi connectivity index (χ3n) is 6.15.